The summed E-state index contributed by atoms with van der Waals surface area (Å²) in [6.45, 7) is 8.17. The topological polar surface area (TPSA) is 62.8 Å². The Labute approximate surface area is 167 Å². The number of benzene rings is 2. The van der Waals surface area contributed by atoms with E-state index in [2.05, 4.69) is 35.4 Å². The van der Waals surface area contributed by atoms with Crippen LogP contribution in [0.1, 0.15) is 19.4 Å². The lowest BCUT2D eigenvalue weighted by Crippen LogP contribution is -3.00. The summed E-state index contributed by atoms with van der Waals surface area (Å²) in [5.41, 5.74) is 2.93. The third-order valence-corrected chi connectivity index (χ3v) is 4.12. The summed E-state index contributed by atoms with van der Waals surface area (Å²) in [5.74, 6) is 1.20. The van der Waals surface area contributed by atoms with Crippen LogP contribution in [-0.4, -0.2) is 33.0 Å². The fraction of sp³-hybridized carbons (Fsp3) is 0.350. The summed E-state index contributed by atoms with van der Waals surface area (Å²) in [4.78, 5) is 14.4. The number of carbonyl (C=O) groups is 1. The molecule has 7 heteroatoms. The predicted octanol–water partition coefficient (Wildman–Crippen LogP) is 1.01. The number of halogens is 1. The van der Waals surface area contributed by atoms with Gasteiger partial charge in [-0.2, -0.15) is 0 Å². The average molecular weight is 393 g/mol. The lowest BCUT2D eigenvalue weighted by atomic mass is 10.1. The van der Waals surface area contributed by atoms with Gasteiger partial charge in [-0.1, -0.05) is 12.1 Å². The van der Waals surface area contributed by atoms with Gasteiger partial charge in [0.05, 0.1) is 7.11 Å². The minimum absolute atomic E-state index is 0. The maximum absolute atomic E-state index is 12.1. The molecule has 0 atom stereocenters. The zero-order valence-corrected chi connectivity index (χ0v) is 17.0. The summed E-state index contributed by atoms with van der Waals surface area (Å²) in [5, 5.41) is 5.53. The molecule has 0 saturated heterocycles. The second kappa shape index (κ2) is 11.2. The van der Waals surface area contributed by atoms with E-state index in [1.807, 2.05) is 31.2 Å². The van der Waals surface area contributed by atoms with Crippen LogP contribution in [0.2, 0.25) is 0 Å². The van der Waals surface area contributed by atoms with Crippen molar-refractivity contribution in [1.29, 1.82) is 0 Å². The largest absolute Gasteiger partial charge is 1.00 e. The van der Waals surface area contributed by atoms with Crippen molar-refractivity contribution in [2.75, 3.05) is 37.1 Å². The minimum Gasteiger partial charge on any atom is -1.00 e. The van der Waals surface area contributed by atoms with Gasteiger partial charge in [0.15, 0.2) is 18.2 Å². The Morgan fingerprint density at radius 3 is 2.33 bits per heavy atom. The van der Waals surface area contributed by atoms with Gasteiger partial charge < -0.3 is 37.4 Å². The number of amides is 2. The number of ether oxygens (including phenoxy) is 2. The number of urea groups is 1. The standard InChI is InChI=1S/C20H27N3O3.ClH/c1-5-23(6-2)16-11-12-17(15(3)13-16)22-20(24)21-14-26-19-10-8-7-9-18(19)25-4;/h7-13H,5-6,14H2,1-4H3,(H2,21,22,24);1H/p-1. The number of rotatable bonds is 8. The SMILES string of the molecule is CCN(CC)c1ccc(NC(=O)NCOc2ccccc2OC)c(C)c1.[Cl-]. The van der Waals surface area contributed by atoms with E-state index >= 15 is 0 Å². The molecule has 6 nitrogen and oxygen atoms in total. The number of aryl methyl sites for hydroxylation is 1. The molecule has 0 aliphatic rings. The van der Waals surface area contributed by atoms with Crippen molar-refractivity contribution in [2.24, 2.45) is 0 Å². The number of anilines is 2. The van der Waals surface area contributed by atoms with Crippen molar-refractivity contribution < 1.29 is 26.7 Å². The van der Waals surface area contributed by atoms with Gasteiger partial charge in [-0.25, -0.2) is 4.79 Å². The molecule has 2 rings (SSSR count). The molecule has 0 bridgehead atoms. The molecule has 0 aliphatic carbocycles. The van der Waals surface area contributed by atoms with Crippen LogP contribution in [0.3, 0.4) is 0 Å². The van der Waals surface area contributed by atoms with Crippen LogP contribution in [0.4, 0.5) is 16.2 Å². The van der Waals surface area contributed by atoms with Crippen LogP contribution in [-0.2, 0) is 0 Å². The zero-order valence-electron chi connectivity index (χ0n) is 16.2. The highest BCUT2D eigenvalue weighted by Crippen LogP contribution is 2.25. The van der Waals surface area contributed by atoms with Crippen LogP contribution in [0.15, 0.2) is 42.5 Å². The maximum Gasteiger partial charge on any atom is 0.321 e. The Kier molecular flexibility index (Phi) is 9.30. The van der Waals surface area contributed by atoms with Crippen molar-refractivity contribution in [3.63, 3.8) is 0 Å². The lowest BCUT2D eigenvalue weighted by molar-refractivity contribution is -0.00000956. The highest BCUT2D eigenvalue weighted by Gasteiger charge is 2.08. The fourth-order valence-electron chi connectivity index (χ4n) is 2.66. The molecule has 2 amide bonds. The Hall–Kier alpha value is -2.60. The summed E-state index contributed by atoms with van der Waals surface area (Å²) in [7, 11) is 1.58. The molecule has 0 aromatic heterocycles. The van der Waals surface area contributed by atoms with Crippen molar-refractivity contribution >= 4 is 17.4 Å². The van der Waals surface area contributed by atoms with Gasteiger partial charge in [-0.05, 0) is 56.7 Å². The zero-order chi connectivity index (χ0) is 18.9. The van der Waals surface area contributed by atoms with Gasteiger partial charge in [0.2, 0.25) is 0 Å². The van der Waals surface area contributed by atoms with Crippen LogP contribution < -0.4 is 37.4 Å². The Morgan fingerprint density at radius 1 is 1.07 bits per heavy atom. The van der Waals surface area contributed by atoms with E-state index in [-0.39, 0.29) is 25.2 Å². The summed E-state index contributed by atoms with van der Waals surface area (Å²) >= 11 is 0. The summed E-state index contributed by atoms with van der Waals surface area (Å²) < 4.78 is 10.7. The minimum atomic E-state index is -0.321. The van der Waals surface area contributed by atoms with Gasteiger partial charge in [0.1, 0.15) is 0 Å². The molecule has 148 valence electrons. The third kappa shape index (κ3) is 6.25. The lowest BCUT2D eigenvalue weighted by Gasteiger charge is -2.22. The third-order valence-electron chi connectivity index (χ3n) is 4.12. The molecular formula is C20H27ClN3O3-. The van der Waals surface area contributed by atoms with E-state index in [1.54, 1.807) is 19.2 Å². The molecule has 2 aromatic rings. The quantitative estimate of drug-likeness (QED) is 0.658. The highest BCUT2D eigenvalue weighted by molar-refractivity contribution is 5.90. The molecule has 2 aromatic carbocycles. The van der Waals surface area contributed by atoms with E-state index in [0.29, 0.717) is 11.5 Å². The number of hydrogen-bond donors (Lipinski definition) is 2. The Bertz CT molecular complexity index is 736. The highest BCUT2D eigenvalue weighted by atomic mass is 35.5. The van der Waals surface area contributed by atoms with Gasteiger partial charge in [-0.15, -0.1) is 0 Å². The van der Waals surface area contributed by atoms with Gasteiger partial charge in [-0.3, -0.25) is 0 Å². The van der Waals surface area contributed by atoms with Crippen molar-refractivity contribution in [1.82, 2.24) is 5.32 Å². The first-order chi connectivity index (χ1) is 12.6. The number of carbonyl (C=O) groups excluding carboxylic acids is 1. The van der Waals surface area contributed by atoms with Gasteiger partial charge in [0.25, 0.3) is 0 Å². The molecule has 0 heterocycles. The number of nitrogens with zero attached hydrogens (tertiary/aromatic N) is 1. The first kappa shape index (κ1) is 22.4. The second-order valence-corrected chi connectivity index (χ2v) is 5.74. The second-order valence-electron chi connectivity index (χ2n) is 5.74. The first-order valence-corrected chi connectivity index (χ1v) is 8.75. The van der Waals surface area contributed by atoms with E-state index in [1.165, 1.54) is 0 Å². The monoisotopic (exact) mass is 392 g/mol. The molecule has 0 spiro atoms. The number of hydrogen-bond acceptors (Lipinski definition) is 4. The van der Waals surface area contributed by atoms with Crippen LogP contribution in [0.5, 0.6) is 11.5 Å². The van der Waals surface area contributed by atoms with Crippen molar-refractivity contribution in [2.45, 2.75) is 20.8 Å². The summed E-state index contributed by atoms with van der Waals surface area (Å²) in [6.07, 6.45) is 0. The maximum atomic E-state index is 12.1. The Morgan fingerprint density at radius 2 is 1.74 bits per heavy atom. The van der Waals surface area contributed by atoms with Gasteiger partial charge >= 0.3 is 6.03 Å². The number of nitrogens with one attached hydrogen (secondary N) is 2. The van der Waals surface area contributed by atoms with E-state index in [4.69, 9.17) is 9.47 Å². The van der Waals surface area contributed by atoms with Crippen LogP contribution in [0.25, 0.3) is 0 Å². The Balaban J connectivity index is 0.00000364. The predicted molar refractivity (Wildman–Crippen MR) is 105 cm³/mol. The van der Waals surface area contributed by atoms with E-state index < -0.39 is 0 Å². The number of para-hydroxylation sites is 2. The summed E-state index contributed by atoms with van der Waals surface area (Å²) in [6, 6.07) is 13.0. The van der Waals surface area contributed by atoms with E-state index in [9.17, 15) is 4.79 Å². The molecule has 27 heavy (non-hydrogen) atoms. The molecular weight excluding hydrogens is 366 g/mol. The average Bonchev–Trinajstić information content (AvgIpc) is 2.65. The normalized spacial score (nSPS) is 9.78. The molecule has 0 saturated carbocycles. The molecule has 0 fully saturated rings. The fourth-order valence-corrected chi connectivity index (χ4v) is 2.66. The molecule has 0 radical (unpaired) electrons. The van der Waals surface area contributed by atoms with Crippen molar-refractivity contribution in [3.05, 3.63) is 48.0 Å². The van der Waals surface area contributed by atoms with Gasteiger partial charge in [0, 0.05) is 24.5 Å². The molecule has 2 N–H and O–H groups in total. The van der Waals surface area contributed by atoms with Crippen molar-refractivity contribution in [3.8, 4) is 11.5 Å². The number of methoxy groups -OCH3 is 1. The first-order valence-electron chi connectivity index (χ1n) is 8.75. The molecule has 0 aliphatic heterocycles. The van der Waals surface area contributed by atoms with Crippen LogP contribution in [0, 0.1) is 6.92 Å². The smallest absolute Gasteiger partial charge is 0.321 e. The van der Waals surface area contributed by atoms with E-state index in [0.717, 1.165) is 30.0 Å². The van der Waals surface area contributed by atoms with Crippen LogP contribution >= 0.6 is 0 Å². The molecule has 0 unspecified atom stereocenters.